The number of rotatable bonds is 6. The first-order valence-electron chi connectivity index (χ1n) is 8.74. The average Bonchev–Trinajstić information content (AvgIpc) is 2.72. The average molecular weight is 379 g/mol. The number of para-hydroxylation sites is 1. The molecule has 28 heavy (non-hydrogen) atoms. The van der Waals surface area contributed by atoms with E-state index in [0.717, 1.165) is 5.56 Å². The second kappa shape index (κ2) is 8.43. The Kier molecular flexibility index (Phi) is 5.79. The molecule has 0 aliphatic carbocycles. The molecule has 1 aromatic heterocycles. The summed E-state index contributed by atoms with van der Waals surface area (Å²) in [7, 11) is 3.12. The molecule has 0 saturated carbocycles. The summed E-state index contributed by atoms with van der Waals surface area (Å²) >= 11 is 0. The highest BCUT2D eigenvalue weighted by atomic mass is 16.5. The number of benzene rings is 2. The van der Waals surface area contributed by atoms with Crippen LogP contribution in [-0.2, 0) is 4.79 Å². The molecule has 1 amide bonds. The van der Waals surface area contributed by atoms with Crippen molar-refractivity contribution in [3.63, 3.8) is 0 Å². The lowest BCUT2D eigenvalue weighted by Gasteiger charge is -2.15. The number of methoxy groups -OCH3 is 2. The van der Waals surface area contributed by atoms with Crippen molar-refractivity contribution in [2.24, 2.45) is 0 Å². The molecular formula is C22H21NO5. The molecule has 1 heterocycles. The van der Waals surface area contributed by atoms with Crippen LogP contribution >= 0.6 is 0 Å². The number of carbonyl (C=O) groups is 1. The van der Waals surface area contributed by atoms with Crippen LogP contribution in [0.1, 0.15) is 24.1 Å². The lowest BCUT2D eigenvalue weighted by atomic mass is 10.1. The Balaban J connectivity index is 1.73. The van der Waals surface area contributed by atoms with Crippen LogP contribution in [0.2, 0.25) is 0 Å². The van der Waals surface area contributed by atoms with E-state index in [1.807, 2.05) is 19.1 Å². The van der Waals surface area contributed by atoms with Gasteiger partial charge in [-0.05, 0) is 42.8 Å². The Labute approximate surface area is 162 Å². The molecule has 1 atom stereocenters. The molecule has 2 aromatic carbocycles. The minimum atomic E-state index is -0.324. The Hall–Kier alpha value is -3.54. The summed E-state index contributed by atoms with van der Waals surface area (Å²) in [4.78, 5) is 24.7. The molecule has 144 valence electrons. The van der Waals surface area contributed by atoms with E-state index in [9.17, 15) is 9.59 Å². The molecule has 0 aliphatic heterocycles. The Morgan fingerprint density at radius 3 is 2.61 bits per heavy atom. The highest BCUT2D eigenvalue weighted by molar-refractivity contribution is 5.92. The predicted octanol–water partition coefficient (Wildman–Crippen LogP) is 3.70. The van der Waals surface area contributed by atoms with Crippen LogP contribution in [0, 0.1) is 0 Å². The largest absolute Gasteiger partial charge is 0.493 e. The van der Waals surface area contributed by atoms with E-state index in [-0.39, 0.29) is 17.4 Å². The van der Waals surface area contributed by atoms with Crippen LogP contribution in [0.15, 0.2) is 64.0 Å². The first kappa shape index (κ1) is 19.2. The number of amides is 1. The van der Waals surface area contributed by atoms with Crippen molar-refractivity contribution in [3.05, 3.63) is 76.2 Å². The molecule has 6 heteroatoms. The zero-order valence-corrected chi connectivity index (χ0v) is 15.9. The molecule has 3 rings (SSSR count). The lowest BCUT2D eigenvalue weighted by Crippen LogP contribution is -2.24. The third kappa shape index (κ3) is 4.06. The van der Waals surface area contributed by atoms with Gasteiger partial charge in [0.05, 0.1) is 31.2 Å². The first-order chi connectivity index (χ1) is 13.5. The minimum absolute atomic E-state index is 0.182. The molecule has 0 bridgehead atoms. The molecule has 1 unspecified atom stereocenters. The topological polar surface area (TPSA) is 77.8 Å². The van der Waals surface area contributed by atoms with Crippen LogP contribution < -0.4 is 20.2 Å². The number of nitrogens with one attached hydrogen (secondary N) is 1. The summed E-state index contributed by atoms with van der Waals surface area (Å²) in [6, 6.07) is 12.2. The molecular weight excluding hydrogens is 358 g/mol. The molecule has 0 saturated heterocycles. The number of ether oxygens (including phenoxy) is 2. The van der Waals surface area contributed by atoms with Gasteiger partial charge in [-0.25, -0.2) is 0 Å². The number of carbonyl (C=O) groups excluding carboxylic acids is 1. The summed E-state index contributed by atoms with van der Waals surface area (Å²) in [5.41, 5.74) is 1.51. The maximum absolute atomic E-state index is 12.4. The van der Waals surface area contributed by atoms with Crippen LogP contribution in [0.3, 0.4) is 0 Å². The van der Waals surface area contributed by atoms with Crippen molar-refractivity contribution >= 4 is 23.0 Å². The van der Waals surface area contributed by atoms with Gasteiger partial charge in [-0.3, -0.25) is 9.59 Å². The standard InChI is InChI=1S/C22H21NO5/c1-14(15-8-10-19(26-2)20(12-15)27-3)23-21(24)11-9-16-13-28-18-7-5-4-6-17(18)22(16)25/h4-14H,1-3H3,(H,23,24)/b11-9+. The smallest absolute Gasteiger partial charge is 0.244 e. The third-order valence-electron chi connectivity index (χ3n) is 4.39. The lowest BCUT2D eigenvalue weighted by molar-refractivity contribution is -0.117. The highest BCUT2D eigenvalue weighted by Gasteiger charge is 2.12. The molecule has 0 fully saturated rings. The number of hydrogen-bond acceptors (Lipinski definition) is 5. The molecule has 0 radical (unpaired) electrons. The summed E-state index contributed by atoms with van der Waals surface area (Å²) in [6.07, 6.45) is 4.12. The quantitative estimate of drug-likeness (QED) is 0.661. The summed E-state index contributed by atoms with van der Waals surface area (Å²) in [6.45, 7) is 1.86. The van der Waals surface area contributed by atoms with Crippen molar-refractivity contribution in [2.75, 3.05) is 14.2 Å². The van der Waals surface area contributed by atoms with Crippen LogP contribution in [0.4, 0.5) is 0 Å². The fourth-order valence-corrected chi connectivity index (χ4v) is 2.84. The van der Waals surface area contributed by atoms with Gasteiger partial charge >= 0.3 is 0 Å². The van der Waals surface area contributed by atoms with E-state index in [1.54, 1.807) is 44.6 Å². The van der Waals surface area contributed by atoms with E-state index >= 15 is 0 Å². The van der Waals surface area contributed by atoms with Gasteiger partial charge in [-0.1, -0.05) is 18.2 Å². The van der Waals surface area contributed by atoms with Gasteiger partial charge in [0.1, 0.15) is 11.8 Å². The predicted molar refractivity (Wildman–Crippen MR) is 108 cm³/mol. The fraction of sp³-hybridized carbons (Fsp3) is 0.182. The van der Waals surface area contributed by atoms with Crippen molar-refractivity contribution < 1.29 is 18.7 Å². The van der Waals surface area contributed by atoms with Gasteiger partial charge in [-0.15, -0.1) is 0 Å². The zero-order chi connectivity index (χ0) is 20.1. The molecule has 6 nitrogen and oxygen atoms in total. The molecule has 0 aliphatic rings. The van der Waals surface area contributed by atoms with Gasteiger partial charge in [0, 0.05) is 6.08 Å². The maximum atomic E-state index is 12.4. The summed E-state index contributed by atoms with van der Waals surface area (Å²) in [5, 5.41) is 3.33. The van der Waals surface area contributed by atoms with E-state index in [1.165, 1.54) is 18.4 Å². The van der Waals surface area contributed by atoms with E-state index in [4.69, 9.17) is 13.9 Å². The number of hydrogen-bond donors (Lipinski definition) is 1. The van der Waals surface area contributed by atoms with Gasteiger partial charge in [-0.2, -0.15) is 0 Å². The number of fused-ring (bicyclic) bond motifs is 1. The van der Waals surface area contributed by atoms with Crippen molar-refractivity contribution in [2.45, 2.75) is 13.0 Å². The van der Waals surface area contributed by atoms with Crippen molar-refractivity contribution in [1.29, 1.82) is 0 Å². The van der Waals surface area contributed by atoms with Gasteiger partial charge in [0.25, 0.3) is 0 Å². The van der Waals surface area contributed by atoms with Crippen LogP contribution in [-0.4, -0.2) is 20.1 Å². The first-order valence-corrected chi connectivity index (χ1v) is 8.74. The molecule has 3 aromatic rings. The third-order valence-corrected chi connectivity index (χ3v) is 4.39. The normalized spacial score (nSPS) is 12.1. The monoisotopic (exact) mass is 379 g/mol. The summed E-state index contributed by atoms with van der Waals surface area (Å²) in [5.74, 6) is 0.882. The van der Waals surface area contributed by atoms with E-state index in [2.05, 4.69) is 5.32 Å². The fourth-order valence-electron chi connectivity index (χ4n) is 2.84. The van der Waals surface area contributed by atoms with Crippen LogP contribution in [0.25, 0.3) is 17.0 Å². The minimum Gasteiger partial charge on any atom is -0.493 e. The van der Waals surface area contributed by atoms with Crippen LogP contribution in [0.5, 0.6) is 11.5 Å². The molecule has 1 N–H and O–H groups in total. The van der Waals surface area contributed by atoms with Gasteiger partial charge in [0.15, 0.2) is 16.9 Å². The van der Waals surface area contributed by atoms with Crippen molar-refractivity contribution in [3.8, 4) is 11.5 Å². The van der Waals surface area contributed by atoms with Gasteiger partial charge < -0.3 is 19.2 Å². The second-order valence-electron chi connectivity index (χ2n) is 6.19. The second-order valence-corrected chi connectivity index (χ2v) is 6.19. The SMILES string of the molecule is COc1ccc(C(C)NC(=O)/C=C/c2coc3ccccc3c2=O)cc1OC. The summed E-state index contributed by atoms with van der Waals surface area (Å²) < 4.78 is 16.0. The zero-order valence-electron chi connectivity index (χ0n) is 15.9. The Bertz CT molecular complexity index is 1080. The van der Waals surface area contributed by atoms with E-state index in [0.29, 0.717) is 28.0 Å². The van der Waals surface area contributed by atoms with Gasteiger partial charge in [0.2, 0.25) is 5.91 Å². The van der Waals surface area contributed by atoms with Crippen molar-refractivity contribution in [1.82, 2.24) is 5.32 Å². The highest BCUT2D eigenvalue weighted by Crippen LogP contribution is 2.29. The Morgan fingerprint density at radius 2 is 1.86 bits per heavy atom. The molecule has 0 spiro atoms. The van der Waals surface area contributed by atoms with E-state index < -0.39 is 0 Å². The maximum Gasteiger partial charge on any atom is 0.244 e. The Morgan fingerprint density at radius 1 is 1.11 bits per heavy atom.